The van der Waals surface area contributed by atoms with Crippen molar-refractivity contribution in [3.8, 4) is 5.69 Å². The number of ether oxygens (including phenoxy) is 1. The van der Waals surface area contributed by atoms with Gasteiger partial charge >= 0.3 is 6.09 Å². The summed E-state index contributed by atoms with van der Waals surface area (Å²) in [6, 6.07) is 6.27. The molecule has 3 aromatic rings. The monoisotopic (exact) mass is 382 g/mol. The predicted octanol–water partition coefficient (Wildman–Crippen LogP) is 2.89. The summed E-state index contributed by atoms with van der Waals surface area (Å²) in [6.07, 6.45) is 5.59. The normalized spacial score (nSPS) is 16.1. The van der Waals surface area contributed by atoms with Gasteiger partial charge in [0.25, 0.3) is 0 Å². The molecule has 0 saturated carbocycles. The highest BCUT2D eigenvalue weighted by atomic mass is 19.1. The maximum Gasteiger partial charge on any atom is 0.414 e. The number of carbonyl (C=O) groups is 1. The lowest BCUT2D eigenvalue weighted by molar-refractivity contribution is 0.145. The molecule has 1 aliphatic heterocycles. The van der Waals surface area contributed by atoms with Crippen LogP contribution in [-0.4, -0.2) is 44.6 Å². The Labute approximate surface area is 158 Å². The van der Waals surface area contributed by atoms with Gasteiger partial charge < -0.3 is 9.30 Å². The summed E-state index contributed by atoms with van der Waals surface area (Å²) in [7, 11) is 0. The predicted molar refractivity (Wildman–Crippen MR) is 96.5 cm³/mol. The Balaban J connectivity index is 1.51. The van der Waals surface area contributed by atoms with Crippen LogP contribution in [0.3, 0.4) is 0 Å². The molecule has 10 nitrogen and oxygen atoms in total. The zero-order chi connectivity index (χ0) is 19.5. The average Bonchev–Trinajstić information content (AvgIpc) is 3.42. The lowest BCUT2D eigenvalue weighted by Crippen LogP contribution is -2.25. The number of rotatable bonds is 6. The first kappa shape index (κ1) is 17.6. The lowest BCUT2D eigenvalue weighted by Gasteiger charge is -2.14. The molecule has 1 amide bonds. The number of aromatic nitrogens is 4. The quantitative estimate of drug-likeness (QED) is 0.370. The molecule has 1 aromatic carbocycles. The number of hydrogen-bond acceptors (Lipinski definition) is 5. The Kier molecular flexibility index (Phi) is 4.65. The van der Waals surface area contributed by atoms with Gasteiger partial charge in [0, 0.05) is 23.5 Å². The van der Waals surface area contributed by atoms with Crippen LogP contribution in [0.1, 0.15) is 5.69 Å². The van der Waals surface area contributed by atoms with E-state index in [9.17, 15) is 9.18 Å². The molecule has 28 heavy (non-hydrogen) atoms. The summed E-state index contributed by atoms with van der Waals surface area (Å²) in [5.41, 5.74) is 9.77. The van der Waals surface area contributed by atoms with Crippen molar-refractivity contribution in [2.75, 3.05) is 18.0 Å². The lowest BCUT2D eigenvalue weighted by atomic mass is 10.2. The summed E-state index contributed by atoms with van der Waals surface area (Å²) in [5, 5.41) is 7.52. The summed E-state index contributed by atoms with van der Waals surface area (Å²) >= 11 is 0. The van der Waals surface area contributed by atoms with E-state index in [-0.39, 0.29) is 13.1 Å². The van der Waals surface area contributed by atoms with Crippen LogP contribution in [0.4, 0.5) is 14.9 Å². The molecule has 0 spiro atoms. The number of hydrogen-bond donors (Lipinski definition) is 0. The topological polar surface area (TPSA) is 114 Å². The summed E-state index contributed by atoms with van der Waals surface area (Å²) in [4.78, 5) is 20.2. The molecule has 4 rings (SSSR count). The molecular weight excluding hydrogens is 367 g/mol. The first-order chi connectivity index (χ1) is 13.6. The second-order valence-electron chi connectivity index (χ2n) is 6.14. The molecule has 1 atom stereocenters. The second-order valence-corrected chi connectivity index (χ2v) is 6.14. The van der Waals surface area contributed by atoms with Crippen LogP contribution in [0, 0.1) is 5.82 Å². The molecule has 1 aliphatic rings. The van der Waals surface area contributed by atoms with Gasteiger partial charge in [-0.1, -0.05) is 5.11 Å². The smallest absolute Gasteiger partial charge is 0.414 e. The van der Waals surface area contributed by atoms with Crippen molar-refractivity contribution < 1.29 is 13.9 Å². The number of anilines is 1. The zero-order valence-electron chi connectivity index (χ0n) is 14.6. The fraction of sp³-hybridized carbons (Fsp3) is 0.235. The van der Waals surface area contributed by atoms with Gasteiger partial charge in [0.2, 0.25) is 0 Å². The van der Waals surface area contributed by atoms with Crippen LogP contribution in [0.15, 0.2) is 54.3 Å². The highest BCUT2D eigenvalue weighted by Crippen LogP contribution is 2.25. The highest BCUT2D eigenvalue weighted by molar-refractivity contribution is 5.89. The minimum atomic E-state index is -0.602. The number of amides is 1. The molecule has 0 bridgehead atoms. The third kappa shape index (κ3) is 3.51. The molecule has 142 valence electrons. The van der Waals surface area contributed by atoms with E-state index in [1.807, 2.05) is 12.3 Å². The maximum absolute atomic E-state index is 14.7. The van der Waals surface area contributed by atoms with Gasteiger partial charge in [-0.05, 0) is 29.8 Å². The molecule has 0 N–H and O–H groups in total. The van der Waals surface area contributed by atoms with Crippen molar-refractivity contribution in [2.45, 2.75) is 12.6 Å². The first-order valence-corrected chi connectivity index (χ1v) is 8.43. The molecule has 11 heteroatoms. The van der Waals surface area contributed by atoms with Gasteiger partial charge in [-0.3, -0.25) is 9.58 Å². The fourth-order valence-corrected chi connectivity index (χ4v) is 2.97. The van der Waals surface area contributed by atoms with Crippen molar-refractivity contribution in [1.82, 2.24) is 19.3 Å². The van der Waals surface area contributed by atoms with Crippen LogP contribution in [0.5, 0.6) is 0 Å². The summed E-state index contributed by atoms with van der Waals surface area (Å²) in [6.45, 7) is 0.703. The Hall–Kier alpha value is -3.85. The maximum atomic E-state index is 14.7. The number of halogens is 1. The van der Waals surface area contributed by atoms with Crippen LogP contribution in [0.25, 0.3) is 16.1 Å². The van der Waals surface area contributed by atoms with E-state index >= 15 is 0 Å². The molecule has 0 radical (unpaired) electrons. The van der Waals surface area contributed by atoms with Crippen LogP contribution < -0.4 is 4.90 Å². The molecule has 1 saturated heterocycles. The minimum absolute atomic E-state index is 0.0351. The van der Waals surface area contributed by atoms with Crippen molar-refractivity contribution >= 4 is 11.8 Å². The van der Waals surface area contributed by atoms with Gasteiger partial charge in [-0.2, -0.15) is 5.10 Å². The third-order valence-corrected chi connectivity index (χ3v) is 4.26. The van der Waals surface area contributed by atoms with E-state index in [2.05, 4.69) is 20.1 Å². The number of azide groups is 1. The van der Waals surface area contributed by atoms with E-state index < -0.39 is 18.0 Å². The minimum Gasteiger partial charge on any atom is -0.444 e. The van der Waals surface area contributed by atoms with E-state index in [1.165, 1.54) is 17.3 Å². The van der Waals surface area contributed by atoms with Crippen molar-refractivity contribution in [3.63, 3.8) is 0 Å². The molecule has 2 aromatic heterocycles. The van der Waals surface area contributed by atoms with E-state index in [0.717, 1.165) is 5.69 Å². The van der Waals surface area contributed by atoms with E-state index in [4.69, 9.17) is 10.3 Å². The Morgan fingerprint density at radius 1 is 1.43 bits per heavy atom. The third-order valence-electron chi connectivity index (χ3n) is 4.26. The molecule has 3 heterocycles. The van der Waals surface area contributed by atoms with E-state index in [0.29, 0.717) is 17.9 Å². The van der Waals surface area contributed by atoms with Crippen molar-refractivity contribution in [3.05, 3.63) is 71.1 Å². The van der Waals surface area contributed by atoms with Crippen LogP contribution in [0.2, 0.25) is 0 Å². The standard InChI is InChI=1S/C17H15FN8O2/c18-15-6-13(26-10-14(7-21-23-19)28-17(26)27)2-3-16(15)24-8-12(20-11-24)9-25-5-1-4-22-25/h1-6,8,11,14H,7,9-10H2. The van der Waals surface area contributed by atoms with Crippen molar-refractivity contribution in [2.24, 2.45) is 5.11 Å². The van der Waals surface area contributed by atoms with Gasteiger partial charge in [-0.25, -0.2) is 14.2 Å². The highest BCUT2D eigenvalue weighted by Gasteiger charge is 2.32. The molecular formula is C17H15FN8O2. The molecule has 1 unspecified atom stereocenters. The van der Waals surface area contributed by atoms with Crippen molar-refractivity contribution in [1.29, 1.82) is 0 Å². The van der Waals surface area contributed by atoms with Crippen LogP contribution >= 0.6 is 0 Å². The van der Waals surface area contributed by atoms with E-state index in [1.54, 1.807) is 33.8 Å². The second kappa shape index (κ2) is 7.41. The SMILES string of the molecule is [N-]=[N+]=NCC1CN(c2ccc(-n3cnc(Cn4cccn4)c3)c(F)c2)C(=O)O1. The Morgan fingerprint density at radius 3 is 3.07 bits per heavy atom. The van der Waals surface area contributed by atoms with Gasteiger partial charge in [0.05, 0.1) is 43.0 Å². The Bertz CT molecular complexity index is 1040. The number of cyclic esters (lactones) is 1. The van der Waals surface area contributed by atoms with Crippen LogP contribution in [-0.2, 0) is 11.3 Å². The number of benzene rings is 1. The fourth-order valence-electron chi connectivity index (χ4n) is 2.97. The number of carbonyl (C=O) groups excluding carboxylic acids is 1. The van der Waals surface area contributed by atoms with Gasteiger partial charge in [0.15, 0.2) is 0 Å². The first-order valence-electron chi connectivity index (χ1n) is 8.43. The number of imidazole rings is 1. The summed E-state index contributed by atoms with van der Waals surface area (Å²) < 4.78 is 23.1. The summed E-state index contributed by atoms with van der Waals surface area (Å²) in [5.74, 6) is -0.508. The zero-order valence-corrected chi connectivity index (χ0v) is 14.6. The van der Waals surface area contributed by atoms with Gasteiger partial charge in [0.1, 0.15) is 11.9 Å². The average molecular weight is 382 g/mol. The van der Waals surface area contributed by atoms with Gasteiger partial charge in [-0.15, -0.1) is 0 Å². The molecule has 1 fully saturated rings. The number of nitrogens with zero attached hydrogens (tertiary/aromatic N) is 8. The molecule has 0 aliphatic carbocycles. The largest absolute Gasteiger partial charge is 0.444 e. The Morgan fingerprint density at radius 2 is 2.32 bits per heavy atom.